The lowest BCUT2D eigenvalue weighted by atomic mass is 9.87. The zero-order chi connectivity index (χ0) is 24.5. The number of aliphatic imine (C=N–C) groups is 2. The Balaban J connectivity index is 1.28. The average Bonchev–Trinajstić information content (AvgIpc) is 3.58. The normalized spacial score (nSPS) is 33.2. The van der Waals surface area contributed by atoms with Crippen LogP contribution in [0.1, 0.15) is 40.7 Å². The Labute approximate surface area is 201 Å². The minimum Gasteiger partial charge on any atom is -0.386 e. The van der Waals surface area contributed by atoms with Crippen molar-refractivity contribution in [3.63, 3.8) is 0 Å². The van der Waals surface area contributed by atoms with Crippen molar-refractivity contribution in [1.29, 1.82) is 0 Å². The number of nitrogens with two attached hydrogens (primary N) is 2. The number of rotatable bonds is 4. The monoisotopic (exact) mass is 480 g/mol. The maximum atomic E-state index is 13.3. The Kier molecular flexibility index (Phi) is 4.78. The number of benzene rings is 1. The van der Waals surface area contributed by atoms with Crippen molar-refractivity contribution in [2.75, 3.05) is 13.1 Å². The molecule has 1 unspecified atom stereocenters. The standard InChI is InChI=1S/C23H28N8O4/c24-21-28-18-14(9-30-16(32)7-8-17(30)33)27-22(25)31-10-15(19(34)23(18,31)29-21)26-20(35)13-6-2-4-11-3-1-5-12(11)13/h2,4,6,14-15,18-19,34H,1,3,5,7-10H2,(H2,25,27)(H,26,35)(H3,24,28,29)/t14-,15?,18-,19+,23-/m0/s1. The summed E-state index contributed by atoms with van der Waals surface area (Å²) >= 11 is 0. The highest BCUT2D eigenvalue weighted by Gasteiger charge is 2.65. The van der Waals surface area contributed by atoms with Crippen molar-refractivity contribution in [3.8, 4) is 0 Å². The van der Waals surface area contributed by atoms with Crippen molar-refractivity contribution >= 4 is 29.6 Å². The second-order valence-corrected chi connectivity index (χ2v) is 9.79. The van der Waals surface area contributed by atoms with Crippen molar-refractivity contribution < 1.29 is 19.5 Å². The second-order valence-electron chi connectivity index (χ2n) is 9.79. The molecule has 12 heteroatoms. The van der Waals surface area contributed by atoms with Crippen LogP contribution in [0.2, 0.25) is 0 Å². The first-order valence-electron chi connectivity index (χ1n) is 11.9. The molecule has 1 aliphatic carbocycles. The minimum absolute atomic E-state index is 0.00299. The molecule has 184 valence electrons. The fraction of sp³-hybridized carbons (Fsp3) is 0.522. The highest BCUT2D eigenvalue weighted by atomic mass is 16.3. The van der Waals surface area contributed by atoms with Gasteiger partial charge in [0.25, 0.3) is 5.91 Å². The Morgan fingerprint density at radius 1 is 1.17 bits per heavy atom. The van der Waals surface area contributed by atoms with Crippen LogP contribution in [0.25, 0.3) is 0 Å². The molecule has 2 saturated heterocycles. The zero-order valence-corrected chi connectivity index (χ0v) is 19.1. The van der Waals surface area contributed by atoms with Gasteiger partial charge < -0.3 is 32.1 Å². The number of fused-ring (bicyclic) bond motifs is 1. The van der Waals surface area contributed by atoms with Crippen LogP contribution < -0.4 is 22.1 Å². The lowest BCUT2D eigenvalue weighted by Gasteiger charge is -2.46. The fourth-order valence-corrected chi connectivity index (χ4v) is 6.28. The number of amides is 3. The van der Waals surface area contributed by atoms with Gasteiger partial charge in [0, 0.05) is 24.9 Å². The third kappa shape index (κ3) is 3.12. The number of aryl methyl sites for hydroxylation is 1. The van der Waals surface area contributed by atoms with Crippen molar-refractivity contribution in [2.45, 2.75) is 62.0 Å². The number of nitrogens with zero attached hydrogens (tertiary/aromatic N) is 4. The highest BCUT2D eigenvalue weighted by Crippen LogP contribution is 2.40. The van der Waals surface area contributed by atoms with E-state index in [1.807, 2.05) is 12.1 Å². The number of nitrogens with one attached hydrogen (secondary N) is 2. The van der Waals surface area contributed by atoms with Gasteiger partial charge in [0.1, 0.15) is 12.1 Å². The molecule has 0 aromatic heterocycles. The van der Waals surface area contributed by atoms with Gasteiger partial charge in [-0.2, -0.15) is 0 Å². The van der Waals surface area contributed by atoms with Gasteiger partial charge in [0.05, 0.1) is 18.6 Å². The Morgan fingerprint density at radius 2 is 1.94 bits per heavy atom. The van der Waals surface area contributed by atoms with Crippen LogP contribution in [0, 0.1) is 0 Å². The number of likely N-dealkylation sites (tertiary alicyclic amines) is 1. The van der Waals surface area contributed by atoms with Gasteiger partial charge in [-0.15, -0.1) is 0 Å². The Morgan fingerprint density at radius 3 is 2.71 bits per heavy atom. The first-order valence-corrected chi connectivity index (χ1v) is 11.9. The maximum absolute atomic E-state index is 13.3. The molecule has 2 fully saturated rings. The van der Waals surface area contributed by atoms with E-state index in [2.05, 4.69) is 20.6 Å². The van der Waals surface area contributed by atoms with Crippen LogP contribution >= 0.6 is 0 Å². The van der Waals surface area contributed by atoms with Crippen LogP contribution in [0.5, 0.6) is 0 Å². The number of imide groups is 1. The predicted molar refractivity (Wildman–Crippen MR) is 125 cm³/mol. The smallest absolute Gasteiger partial charge is 0.251 e. The van der Waals surface area contributed by atoms with E-state index in [0.29, 0.717) is 5.56 Å². The first kappa shape index (κ1) is 21.8. The summed E-state index contributed by atoms with van der Waals surface area (Å²) in [5, 5.41) is 17.6. The predicted octanol–water partition coefficient (Wildman–Crippen LogP) is -2.22. The van der Waals surface area contributed by atoms with E-state index in [9.17, 15) is 19.5 Å². The summed E-state index contributed by atoms with van der Waals surface area (Å²) < 4.78 is 0. The second kappa shape index (κ2) is 7.67. The Hall–Kier alpha value is -3.67. The summed E-state index contributed by atoms with van der Waals surface area (Å²) in [6.45, 7) is 0.189. The van der Waals surface area contributed by atoms with Crippen LogP contribution in [-0.4, -0.2) is 87.5 Å². The molecule has 5 atom stereocenters. The van der Waals surface area contributed by atoms with E-state index < -0.39 is 29.9 Å². The molecular formula is C23H28N8O4. The molecule has 1 aromatic rings. The number of aliphatic hydroxyl groups excluding tert-OH is 1. The Bertz CT molecular complexity index is 1180. The van der Waals surface area contributed by atoms with Crippen LogP contribution in [0.4, 0.5) is 0 Å². The topological polar surface area (TPSA) is 179 Å². The molecule has 35 heavy (non-hydrogen) atoms. The SMILES string of the molecule is NC1=N[C@H]2[C@H](CN3C(=O)CCC3=O)N=C(N)N3CC(NC(=O)c4cccc5c4CCC5)[C@@H](O)[C@]23N1. The summed E-state index contributed by atoms with van der Waals surface area (Å²) in [5.74, 6) is -0.570. The van der Waals surface area contributed by atoms with E-state index in [4.69, 9.17) is 11.5 Å². The summed E-state index contributed by atoms with van der Waals surface area (Å²) in [6, 6.07) is 3.65. The van der Waals surface area contributed by atoms with E-state index in [-0.39, 0.29) is 55.6 Å². The van der Waals surface area contributed by atoms with Gasteiger partial charge >= 0.3 is 0 Å². The van der Waals surface area contributed by atoms with E-state index in [1.54, 1.807) is 11.0 Å². The summed E-state index contributed by atoms with van der Waals surface area (Å²) in [4.78, 5) is 49.5. The molecular weight excluding hydrogens is 452 g/mol. The highest BCUT2D eigenvalue weighted by molar-refractivity contribution is 6.02. The number of hydrogen-bond acceptors (Lipinski definition) is 10. The summed E-state index contributed by atoms with van der Waals surface area (Å²) in [7, 11) is 0. The molecule has 12 nitrogen and oxygen atoms in total. The van der Waals surface area contributed by atoms with E-state index >= 15 is 0 Å². The molecule has 0 bridgehead atoms. The number of carbonyl (C=O) groups excluding carboxylic acids is 3. The number of aliphatic hydroxyl groups is 1. The van der Waals surface area contributed by atoms with Crippen LogP contribution in [0.3, 0.4) is 0 Å². The van der Waals surface area contributed by atoms with Gasteiger partial charge in [-0.3, -0.25) is 19.3 Å². The molecule has 0 radical (unpaired) electrons. The van der Waals surface area contributed by atoms with E-state index in [1.165, 1.54) is 10.5 Å². The summed E-state index contributed by atoms with van der Waals surface area (Å²) in [6.07, 6.45) is 2.01. The minimum atomic E-state index is -1.25. The van der Waals surface area contributed by atoms with Crippen LogP contribution in [-0.2, 0) is 22.4 Å². The molecule has 6 rings (SSSR count). The van der Waals surface area contributed by atoms with Crippen molar-refractivity contribution in [2.24, 2.45) is 21.5 Å². The molecule has 1 aromatic carbocycles. The van der Waals surface area contributed by atoms with Gasteiger partial charge in [-0.05, 0) is 36.5 Å². The van der Waals surface area contributed by atoms with Crippen molar-refractivity contribution in [3.05, 3.63) is 34.9 Å². The van der Waals surface area contributed by atoms with E-state index in [0.717, 1.165) is 24.8 Å². The molecule has 5 aliphatic rings. The third-order valence-electron chi connectivity index (χ3n) is 7.89. The lowest BCUT2D eigenvalue weighted by molar-refractivity contribution is -0.138. The maximum Gasteiger partial charge on any atom is 0.251 e. The molecule has 4 heterocycles. The van der Waals surface area contributed by atoms with Crippen molar-refractivity contribution in [1.82, 2.24) is 20.4 Å². The van der Waals surface area contributed by atoms with Gasteiger partial charge in [-0.1, -0.05) is 12.1 Å². The number of carbonyl (C=O) groups is 3. The molecule has 4 aliphatic heterocycles. The first-order chi connectivity index (χ1) is 16.8. The lowest BCUT2D eigenvalue weighted by Crippen LogP contribution is -2.73. The van der Waals surface area contributed by atoms with Gasteiger partial charge in [0.15, 0.2) is 17.6 Å². The zero-order valence-electron chi connectivity index (χ0n) is 19.1. The third-order valence-corrected chi connectivity index (χ3v) is 7.89. The number of hydrogen-bond donors (Lipinski definition) is 5. The number of guanidine groups is 2. The molecule has 7 N–H and O–H groups in total. The largest absolute Gasteiger partial charge is 0.386 e. The molecule has 3 amide bonds. The van der Waals surface area contributed by atoms with Crippen LogP contribution in [0.15, 0.2) is 28.2 Å². The quantitative estimate of drug-likeness (QED) is 0.301. The fourth-order valence-electron chi connectivity index (χ4n) is 6.28. The average molecular weight is 481 g/mol. The summed E-state index contributed by atoms with van der Waals surface area (Å²) in [5.41, 5.74) is 14.0. The molecule has 1 spiro atoms. The van der Waals surface area contributed by atoms with Gasteiger partial charge in [-0.25, -0.2) is 9.98 Å². The molecule has 0 saturated carbocycles. The van der Waals surface area contributed by atoms with Gasteiger partial charge in [0.2, 0.25) is 11.8 Å².